The molecule has 9 heteroatoms. The normalized spacial score (nSPS) is 19.2. The fourth-order valence-corrected chi connectivity index (χ4v) is 2.76. The number of nitrogens with one attached hydrogen (secondary N) is 2. The Kier molecular flexibility index (Phi) is 6.38. The maximum atomic E-state index is 12.4. The van der Waals surface area contributed by atoms with Crippen molar-refractivity contribution in [2.24, 2.45) is 0 Å². The molecule has 1 aliphatic rings. The van der Waals surface area contributed by atoms with Crippen molar-refractivity contribution in [2.45, 2.75) is 63.8 Å². The van der Waals surface area contributed by atoms with Gasteiger partial charge in [-0.05, 0) is 33.1 Å². The molecule has 2 heterocycles. The molecule has 140 valence electrons. The summed E-state index contributed by atoms with van der Waals surface area (Å²) in [6.45, 7) is 4.22. The summed E-state index contributed by atoms with van der Waals surface area (Å²) >= 11 is 0. The van der Waals surface area contributed by atoms with Crippen molar-refractivity contribution in [3.8, 4) is 0 Å². The Balaban J connectivity index is 1.97. The highest BCUT2D eigenvalue weighted by Gasteiger charge is 2.27. The molecule has 0 aromatic carbocycles. The Hall–Kier alpha value is -2.13. The molecule has 2 amide bonds. The minimum atomic E-state index is -1.26. The van der Waals surface area contributed by atoms with Crippen molar-refractivity contribution in [1.82, 2.24) is 15.1 Å². The Morgan fingerprint density at radius 2 is 2.24 bits per heavy atom. The topological polar surface area (TPSA) is 126 Å². The number of amides is 2. The van der Waals surface area contributed by atoms with Gasteiger partial charge in [-0.25, -0.2) is 4.79 Å². The highest BCUT2D eigenvalue weighted by atomic mass is 16.5. The zero-order valence-corrected chi connectivity index (χ0v) is 14.6. The van der Waals surface area contributed by atoms with Crippen LogP contribution < -0.4 is 10.6 Å². The molecule has 0 spiro atoms. The zero-order chi connectivity index (χ0) is 18.4. The molecule has 2 rings (SSSR count). The monoisotopic (exact) mass is 354 g/mol. The Morgan fingerprint density at radius 3 is 2.84 bits per heavy atom. The predicted octanol–water partition coefficient (Wildman–Crippen LogP) is 1.19. The van der Waals surface area contributed by atoms with Gasteiger partial charge in [0.05, 0.1) is 18.2 Å². The summed E-state index contributed by atoms with van der Waals surface area (Å²) in [4.78, 5) is 23.4. The van der Waals surface area contributed by atoms with E-state index in [1.165, 1.54) is 4.68 Å². The first-order valence-electron chi connectivity index (χ1n) is 8.41. The smallest absolute Gasteiger partial charge is 0.405 e. The standard InChI is InChI=1S/C16H26N4O5/c1-16(2,24)10-20-7-6-13(19-20)18-14(21)12(17-15(22)23)9-11-5-3-4-8-25-11/h6-7,11-12,17,24H,3-5,8-10H2,1-2H3,(H,22,23)(H,18,19,21)/t11-,12?/m0/s1. The van der Waals surface area contributed by atoms with E-state index >= 15 is 0 Å². The van der Waals surface area contributed by atoms with Gasteiger partial charge in [0, 0.05) is 25.3 Å². The van der Waals surface area contributed by atoms with Crippen molar-refractivity contribution in [2.75, 3.05) is 11.9 Å². The maximum absolute atomic E-state index is 12.4. The molecule has 4 N–H and O–H groups in total. The predicted molar refractivity (Wildman–Crippen MR) is 90.3 cm³/mol. The zero-order valence-electron chi connectivity index (χ0n) is 14.6. The van der Waals surface area contributed by atoms with Crippen LogP contribution in [0.25, 0.3) is 0 Å². The summed E-state index contributed by atoms with van der Waals surface area (Å²) < 4.78 is 7.10. The van der Waals surface area contributed by atoms with Crippen molar-refractivity contribution >= 4 is 17.8 Å². The Bertz CT molecular complexity index is 590. The molecule has 0 bridgehead atoms. The minimum Gasteiger partial charge on any atom is -0.465 e. The number of aromatic nitrogens is 2. The molecule has 1 unspecified atom stereocenters. The highest BCUT2D eigenvalue weighted by Crippen LogP contribution is 2.18. The van der Waals surface area contributed by atoms with Crippen LogP contribution >= 0.6 is 0 Å². The molecular weight excluding hydrogens is 328 g/mol. The van der Waals surface area contributed by atoms with Crippen LogP contribution in [0.1, 0.15) is 39.5 Å². The van der Waals surface area contributed by atoms with E-state index in [9.17, 15) is 14.7 Å². The fraction of sp³-hybridized carbons (Fsp3) is 0.688. The minimum absolute atomic E-state index is 0.135. The molecule has 1 saturated heterocycles. The van der Waals surface area contributed by atoms with Crippen LogP contribution in [0, 0.1) is 0 Å². The molecule has 2 atom stereocenters. The number of anilines is 1. The number of aliphatic hydroxyl groups is 1. The van der Waals surface area contributed by atoms with Crippen molar-refractivity contribution in [3.05, 3.63) is 12.3 Å². The van der Waals surface area contributed by atoms with Gasteiger partial charge < -0.3 is 25.6 Å². The molecule has 1 aliphatic heterocycles. The lowest BCUT2D eigenvalue weighted by molar-refractivity contribution is -0.119. The van der Waals surface area contributed by atoms with Gasteiger partial charge in [0.15, 0.2) is 5.82 Å². The van der Waals surface area contributed by atoms with E-state index < -0.39 is 23.6 Å². The van der Waals surface area contributed by atoms with Crippen molar-refractivity contribution in [1.29, 1.82) is 0 Å². The van der Waals surface area contributed by atoms with Gasteiger partial charge in [0.1, 0.15) is 6.04 Å². The molecular formula is C16H26N4O5. The molecule has 1 aromatic heterocycles. The Morgan fingerprint density at radius 1 is 1.48 bits per heavy atom. The number of hydrogen-bond donors (Lipinski definition) is 4. The fourth-order valence-electron chi connectivity index (χ4n) is 2.76. The number of rotatable bonds is 7. The largest absolute Gasteiger partial charge is 0.465 e. The van der Waals surface area contributed by atoms with Crippen molar-refractivity contribution in [3.63, 3.8) is 0 Å². The SMILES string of the molecule is CC(C)(O)Cn1ccc(NC(=O)C(C[C@@H]2CCCCO2)NC(=O)O)n1. The lowest BCUT2D eigenvalue weighted by Gasteiger charge is -2.26. The first-order valence-corrected chi connectivity index (χ1v) is 8.41. The van der Waals surface area contributed by atoms with Crippen LogP contribution in [0.2, 0.25) is 0 Å². The van der Waals surface area contributed by atoms with Gasteiger partial charge in [-0.15, -0.1) is 0 Å². The van der Waals surface area contributed by atoms with E-state index in [2.05, 4.69) is 15.7 Å². The summed E-state index contributed by atoms with van der Waals surface area (Å²) in [5, 5.41) is 27.8. The van der Waals surface area contributed by atoms with E-state index in [-0.39, 0.29) is 19.1 Å². The number of carboxylic acid groups (broad SMARTS) is 1. The second kappa shape index (κ2) is 8.30. The average molecular weight is 354 g/mol. The molecule has 0 radical (unpaired) electrons. The van der Waals surface area contributed by atoms with Crippen molar-refractivity contribution < 1.29 is 24.5 Å². The number of carbonyl (C=O) groups excluding carboxylic acids is 1. The van der Waals surface area contributed by atoms with Gasteiger partial charge >= 0.3 is 6.09 Å². The number of hydrogen-bond acceptors (Lipinski definition) is 5. The third-order valence-electron chi connectivity index (χ3n) is 3.83. The molecule has 0 aliphatic carbocycles. The van der Waals surface area contributed by atoms with Crippen LogP contribution in [-0.4, -0.2) is 56.3 Å². The second-order valence-corrected chi connectivity index (χ2v) is 6.93. The molecule has 0 saturated carbocycles. The third-order valence-corrected chi connectivity index (χ3v) is 3.83. The van der Waals surface area contributed by atoms with E-state index in [1.807, 2.05) is 0 Å². The first-order chi connectivity index (χ1) is 11.7. The number of carbonyl (C=O) groups is 2. The van der Waals surface area contributed by atoms with Crippen LogP contribution in [0.3, 0.4) is 0 Å². The maximum Gasteiger partial charge on any atom is 0.405 e. The van der Waals surface area contributed by atoms with E-state index in [1.54, 1.807) is 26.1 Å². The molecule has 1 aromatic rings. The lowest BCUT2D eigenvalue weighted by Crippen LogP contribution is -2.46. The summed E-state index contributed by atoms with van der Waals surface area (Å²) in [7, 11) is 0. The van der Waals surface area contributed by atoms with Gasteiger partial charge in [-0.1, -0.05) is 0 Å². The summed E-state index contributed by atoms with van der Waals surface area (Å²) in [5.74, 6) is -0.180. The third kappa shape index (κ3) is 6.71. The Labute approximate surface area is 146 Å². The first kappa shape index (κ1) is 19.2. The summed E-state index contributed by atoms with van der Waals surface area (Å²) in [6.07, 6.45) is 3.32. The number of nitrogens with zero attached hydrogens (tertiary/aromatic N) is 2. The van der Waals surface area contributed by atoms with Crippen LogP contribution in [0.4, 0.5) is 10.6 Å². The second-order valence-electron chi connectivity index (χ2n) is 6.93. The van der Waals surface area contributed by atoms with Gasteiger partial charge in [-0.2, -0.15) is 5.10 Å². The average Bonchev–Trinajstić information content (AvgIpc) is 2.92. The molecule has 9 nitrogen and oxygen atoms in total. The van der Waals surface area contributed by atoms with Gasteiger partial charge in [0.25, 0.3) is 0 Å². The lowest BCUT2D eigenvalue weighted by atomic mass is 10.0. The number of ether oxygens (including phenoxy) is 1. The van der Waals surface area contributed by atoms with E-state index in [4.69, 9.17) is 9.84 Å². The summed E-state index contributed by atoms with van der Waals surface area (Å²) in [6, 6.07) is 0.679. The highest BCUT2D eigenvalue weighted by molar-refractivity contribution is 5.95. The summed E-state index contributed by atoms with van der Waals surface area (Å²) in [5.41, 5.74) is -0.932. The van der Waals surface area contributed by atoms with Crippen LogP contribution in [-0.2, 0) is 16.1 Å². The van der Waals surface area contributed by atoms with Crippen LogP contribution in [0.5, 0.6) is 0 Å². The molecule has 25 heavy (non-hydrogen) atoms. The van der Waals surface area contributed by atoms with Gasteiger partial charge in [-0.3, -0.25) is 9.48 Å². The van der Waals surface area contributed by atoms with Crippen LogP contribution in [0.15, 0.2) is 12.3 Å². The van der Waals surface area contributed by atoms with E-state index in [0.717, 1.165) is 19.3 Å². The van der Waals surface area contributed by atoms with Gasteiger partial charge in [0.2, 0.25) is 5.91 Å². The molecule has 1 fully saturated rings. The quantitative estimate of drug-likeness (QED) is 0.583. The van der Waals surface area contributed by atoms with E-state index in [0.29, 0.717) is 12.4 Å².